The van der Waals surface area contributed by atoms with Crippen LogP contribution in [-0.4, -0.2) is 23.6 Å². The van der Waals surface area contributed by atoms with E-state index in [1.807, 2.05) is 0 Å². The van der Waals surface area contributed by atoms with E-state index in [1.54, 1.807) is 0 Å². The van der Waals surface area contributed by atoms with Crippen LogP contribution >= 0.6 is 0 Å². The predicted molar refractivity (Wildman–Crippen MR) is 71.3 cm³/mol. The van der Waals surface area contributed by atoms with E-state index < -0.39 is 29.5 Å². The number of anilines is 1. The molecule has 0 spiro atoms. The van der Waals surface area contributed by atoms with Crippen molar-refractivity contribution in [3.05, 3.63) is 52.3 Å². The number of halogens is 3. The number of hydrogen-bond donors (Lipinski definition) is 1. The summed E-state index contributed by atoms with van der Waals surface area (Å²) in [6, 6.07) is 7.29. The second-order valence-electron chi connectivity index (χ2n) is 4.28. The predicted octanol–water partition coefficient (Wildman–Crippen LogP) is 3.38. The SMILES string of the molecule is O=C(Nc1ccc(OCC(F)(F)F)cc1)c1ccc([N+](=O)[O-])o1. The lowest BCUT2D eigenvalue weighted by molar-refractivity contribution is -0.402. The molecule has 10 heteroatoms. The molecule has 0 radical (unpaired) electrons. The maximum absolute atomic E-state index is 12.0. The zero-order valence-corrected chi connectivity index (χ0v) is 11.3. The second-order valence-corrected chi connectivity index (χ2v) is 4.28. The first kappa shape index (κ1) is 16.3. The Morgan fingerprint density at radius 2 is 1.87 bits per heavy atom. The molecule has 2 rings (SSSR count). The van der Waals surface area contributed by atoms with E-state index in [0.717, 1.165) is 12.1 Å². The van der Waals surface area contributed by atoms with E-state index in [2.05, 4.69) is 10.1 Å². The Morgan fingerprint density at radius 1 is 1.22 bits per heavy atom. The second kappa shape index (κ2) is 6.38. The van der Waals surface area contributed by atoms with E-state index in [0.29, 0.717) is 0 Å². The Kier molecular flexibility index (Phi) is 4.53. The van der Waals surface area contributed by atoms with Crippen LogP contribution in [0.4, 0.5) is 24.7 Å². The maximum atomic E-state index is 12.0. The van der Waals surface area contributed by atoms with Gasteiger partial charge in [-0.1, -0.05) is 0 Å². The molecular formula is C13H9F3N2O5. The normalized spacial score (nSPS) is 11.1. The van der Waals surface area contributed by atoms with Gasteiger partial charge in [0.15, 0.2) is 12.4 Å². The molecule has 7 nitrogen and oxygen atoms in total. The topological polar surface area (TPSA) is 94.6 Å². The Morgan fingerprint density at radius 3 is 2.39 bits per heavy atom. The summed E-state index contributed by atoms with van der Waals surface area (Å²) in [7, 11) is 0. The third-order valence-corrected chi connectivity index (χ3v) is 2.51. The van der Waals surface area contributed by atoms with Gasteiger partial charge in [0.2, 0.25) is 0 Å². The summed E-state index contributed by atoms with van der Waals surface area (Å²) in [6.07, 6.45) is -4.44. The van der Waals surface area contributed by atoms with Crippen molar-refractivity contribution >= 4 is 17.5 Å². The van der Waals surface area contributed by atoms with E-state index in [9.17, 15) is 28.1 Å². The first-order valence-corrected chi connectivity index (χ1v) is 6.10. The summed E-state index contributed by atoms with van der Waals surface area (Å²) < 4.78 is 45.2. The van der Waals surface area contributed by atoms with Crippen molar-refractivity contribution < 1.29 is 32.0 Å². The van der Waals surface area contributed by atoms with Crippen molar-refractivity contribution in [1.82, 2.24) is 0 Å². The van der Waals surface area contributed by atoms with Crippen molar-refractivity contribution in [3.8, 4) is 5.75 Å². The highest BCUT2D eigenvalue weighted by atomic mass is 19.4. The molecule has 0 fully saturated rings. The van der Waals surface area contributed by atoms with Crippen LogP contribution in [0.2, 0.25) is 0 Å². The van der Waals surface area contributed by atoms with Crippen LogP contribution in [0.3, 0.4) is 0 Å². The highest BCUT2D eigenvalue weighted by Crippen LogP contribution is 2.21. The molecule has 0 aliphatic rings. The molecule has 0 saturated heterocycles. The first-order valence-electron chi connectivity index (χ1n) is 6.10. The number of nitrogens with zero attached hydrogens (tertiary/aromatic N) is 1. The summed E-state index contributed by atoms with van der Waals surface area (Å²) in [4.78, 5) is 21.4. The van der Waals surface area contributed by atoms with Gasteiger partial charge in [-0.3, -0.25) is 14.9 Å². The Balaban J connectivity index is 1.97. The zero-order chi connectivity index (χ0) is 17.0. The third kappa shape index (κ3) is 4.73. The first-order chi connectivity index (χ1) is 10.7. The Hall–Kier alpha value is -3.04. The van der Waals surface area contributed by atoms with Crippen LogP contribution < -0.4 is 10.1 Å². The van der Waals surface area contributed by atoms with Gasteiger partial charge in [-0.25, -0.2) is 0 Å². The van der Waals surface area contributed by atoms with Gasteiger partial charge >= 0.3 is 12.1 Å². The third-order valence-electron chi connectivity index (χ3n) is 2.51. The summed E-state index contributed by atoms with van der Waals surface area (Å²) >= 11 is 0. The van der Waals surface area contributed by atoms with Crippen molar-refractivity contribution in [2.24, 2.45) is 0 Å². The van der Waals surface area contributed by atoms with Crippen LogP contribution in [0.15, 0.2) is 40.8 Å². The fraction of sp³-hybridized carbons (Fsp3) is 0.154. The largest absolute Gasteiger partial charge is 0.484 e. The molecule has 1 aromatic carbocycles. The van der Waals surface area contributed by atoms with E-state index in [4.69, 9.17) is 4.42 Å². The number of alkyl halides is 3. The molecule has 1 N–H and O–H groups in total. The maximum Gasteiger partial charge on any atom is 0.433 e. The number of nitro groups is 1. The summed E-state index contributed by atoms with van der Waals surface area (Å²) in [5.41, 5.74) is 0.258. The van der Waals surface area contributed by atoms with Crippen LogP contribution in [0.25, 0.3) is 0 Å². The van der Waals surface area contributed by atoms with Crippen molar-refractivity contribution in [3.63, 3.8) is 0 Å². The number of furan rings is 1. The average Bonchev–Trinajstić information content (AvgIpc) is 2.96. The van der Waals surface area contributed by atoms with Crippen molar-refractivity contribution in [1.29, 1.82) is 0 Å². The highest BCUT2D eigenvalue weighted by Gasteiger charge is 2.28. The molecule has 0 aliphatic carbocycles. The van der Waals surface area contributed by atoms with Gasteiger partial charge in [0.05, 0.1) is 6.07 Å². The number of hydrogen-bond acceptors (Lipinski definition) is 5. The Labute approximate surface area is 126 Å². The van der Waals surface area contributed by atoms with Gasteiger partial charge in [-0.15, -0.1) is 0 Å². The van der Waals surface area contributed by atoms with Gasteiger partial charge in [0.1, 0.15) is 10.7 Å². The van der Waals surface area contributed by atoms with E-state index in [1.165, 1.54) is 24.3 Å². The van der Waals surface area contributed by atoms with Gasteiger partial charge in [-0.2, -0.15) is 13.2 Å². The lowest BCUT2D eigenvalue weighted by Gasteiger charge is -2.09. The zero-order valence-electron chi connectivity index (χ0n) is 11.3. The molecule has 0 aliphatic heterocycles. The number of benzene rings is 1. The molecule has 0 saturated carbocycles. The van der Waals surface area contributed by atoms with E-state index in [-0.39, 0.29) is 17.2 Å². The van der Waals surface area contributed by atoms with Gasteiger partial charge in [0, 0.05) is 5.69 Å². The number of ether oxygens (including phenoxy) is 1. The number of amides is 1. The molecular weight excluding hydrogens is 321 g/mol. The van der Waals surface area contributed by atoms with Crippen LogP contribution in [0.5, 0.6) is 5.75 Å². The van der Waals surface area contributed by atoms with Gasteiger partial charge in [-0.05, 0) is 30.3 Å². The molecule has 1 amide bonds. The minimum atomic E-state index is -4.44. The van der Waals surface area contributed by atoms with Crippen molar-refractivity contribution in [2.45, 2.75) is 6.18 Å². The molecule has 2 aromatic rings. The molecule has 122 valence electrons. The monoisotopic (exact) mass is 330 g/mol. The number of carbonyl (C=O) groups excluding carboxylic acids is 1. The number of nitrogens with one attached hydrogen (secondary N) is 1. The molecule has 1 aromatic heterocycles. The average molecular weight is 330 g/mol. The number of rotatable bonds is 5. The summed E-state index contributed by atoms with van der Waals surface area (Å²) in [5.74, 6) is -1.60. The molecule has 0 atom stereocenters. The summed E-state index contributed by atoms with van der Waals surface area (Å²) in [6.45, 7) is -1.42. The number of carbonyl (C=O) groups is 1. The fourth-order valence-corrected chi connectivity index (χ4v) is 1.54. The Bertz CT molecular complexity index is 709. The molecule has 23 heavy (non-hydrogen) atoms. The molecule has 1 heterocycles. The lowest BCUT2D eigenvalue weighted by atomic mass is 10.3. The lowest BCUT2D eigenvalue weighted by Crippen LogP contribution is -2.19. The van der Waals surface area contributed by atoms with Gasteiger partial charge in [0.25, 0.3) is 5.91 Å². The molecule has 0 bridgehead atoms. The van der Waals surface area contributed by atoms with Crippen molar-refractivity contribution in [2.75, 3.05) is 11.9 Å². The van der Waals surface area contributed by atoms with E-state index >= 15 is 0 Å². The molecule has 0 unspecified atom stereocenters. The highest BCUT2D eigenvalue weighted by molar-refractivity contribution is 6.02. The fourth-order valence-electron chi connectivity index (χ4n) is 1.54. The van der Waals surface area contributed by atoms with Crippen LogP contribution in [0, 0.1) is 10.1 Å². The van der Waals surface area contributed by atoms with Crippen LogP contribution in [0.1, 0.15) is 10.6 Å². The minimum Gasteiger partial charge on any atom is -0.484 e. The van der Waals surface area contributed by atoms with Gasteiger partial charge < -0.3 is 14.5 Å². The quantitative estimate of drug-likeness (QED) is 0.670. The van der Waals surface area contributed by atoms with Crippen LogP contribution in [-0.2, 0) is 0 Å². The minimum absolute atomic E-state index is 0.0195. The summed E-state index contributed by atoms with van der Waals surface area (Å²) in [5, 5.41) is 12.8. The standard InChI is InChI=1S/C13H9F3N2O5/c14-13(15,16)7-22-9-3-1-8(2-4-9)17-12(19)10-5-6-11(23-10)18(20)21/h1-6H,7H2,(H,17,19). The smallest absolute Gasteiger partial charge is 0.433 e.